The van der Waals surface area contributed by atoms with E-state index in [0.717, 1.165) is 17.2 Å². The monoisotopic (exact) mass is 379 g/mol. The van der Waals surface area contributed by atoms with Crippen LogP contribution >= 0.6 is 23.6 Å². The van der Waals surface area contributed by atoms with Crippen molar-refractivity contribution in [1.29, 1.82) is 0 Å². The van der Waals surface area contributed by atoms with E-state index in [1.54, 1.807) is 4.68 Å². The zero-order chi connectivity index (χ0) is 18.4. The van der Waals surface area contributed by atoms with Crippen LogP contribution in [0.5, 0.6) is 0 Å². The number of rotatable bonds is 8. The van der Waals surface area contributed by atoms with Gasteiger partial charge in [-0.15, -0.1) is 5.10 Å². The van der Waals surface area contributed by atoms with Gasteiger partial charge in [-0.2, -0.15) is 0 Å². The van der Waals surface area contributed by atoms with E-state index in [2.05, 4.69) is 34.8 Å². The molecular formula is C17H25N5OS2. The molecule has 0 saturated carbocycles. The highest BCUT2D eigenvalue weighted by molar-refractivity contribution is 7.73. The summed E-state index contributed by atoms with van der Waals surface area (Å²) in [5.41, 5.74) is 2.28. The van der Waals surface area contributed by atoms with E-state index in [-0.39, 0.29) is 11.9 Å². The zero-order valence-corrected chi connectivity index (χ0v) is 16.7. The van der Waals surface area contributed by atoms with Crippen molar-refractivity contribution >= 4 is 40.3 Å². The van der Waals surface area contributed by atoms with Gasteiger partial charge in [0, 0.05) is 11.7 Å². The summed E-state index contributed by atoms with van der Waals surface area (Å²) in [5, 5.41) is 11.4. The van der Waals surface area contributed by atoms with Gasteiger partial charge in [-0.05, 0) is 57.2 Å². The molecule has 25 heavy (non-hydrogen) atoms. The van der Waals surface area contributed by atoms with Crippen molar-refractivity contribution in [3.8, 4) is 0 Å². The van der Waals surface area contributed by atoms with Gasteiger partial charge >= 0.3 is 0 Å². The SMILES string of the molecule is CCc1ccc(Nc2nn(CN(C)CC(=O)NC(C)C)c(=S)s2)cc1. The Morgan fingerprint density at radius 3 is 2.64 bits per heavy atom. The van der Waals surface area contributed by atoms with Crippen LogP contribution in [0.4, 0.5) is 10.8 Å². The third kappa shape index (κ3) is 6.22. The number of nitrogens with zero attached hydrogens (tertiary/aromatic N) is 3. The first-order valence-corrected chi connectivity index (χ1v) is 9.51. The number of hydrogen-bond donors (Lipinski definition) is 2. The van der Waals surface area contributed by atoms with E-state index in [0.29, 0.717) is 17.2 Å². The quantitative estimate of drug-likeness (QED) is 0.689. The minimum Gasteiger partial charge on any atom is -0.353 e. The molecule has 1 amide bonds. The average Bonchev–Trinajstić information content (AvgIpc) is 2.86. The Labute approximate surface area is 157 Å². The highest BCUT2D eigenvalue weighted by Gasteiger charge is 2.10. The molecule has 0 aliphatic carbocycles. The van der Waals surface area contributed by atoms with Crippen LogP contribution < -0.4 is 10.6 Å². The van der Waals surface area contributed by atoms with E-state index in [1.165, 1.54) is 16.9 Å². The van der Waals surface area contributed by atoms with Crippen LogP contribution in [0.3, 0.4) is 0 Å². The highest BCUT2D eigenvalue weighted by atomic mass is 32.1. The Bertz CT molecular complexity index is 751. The molecule has 0 aliphatic rings. The number of anilines is 2. The van der Waals surface area contributed by atoms with Gasteiger partial charge in [-0.25, -0.2) is 4.68 Å². The van der Waals surface area contributed by atoms with Crippen LogP contribution in [0, 0.1) is 3.95 Å². The van der Waals surface area contributed by atoms with E-state index < -0.39 is 0 Å². The standard InChI is InChI=1S/C17H25N5OS2/c1-5-13-6-8-14(9-7-13)19-16-20-22(17(24)25-16)11-21(4)10-15(23)18-12(2)3/h6-9,12H,5,10-11H2,1-4H3,(H,18,23)(H,19,20). The second-order valence-corrected chi connectivity index (χ2v) is 7.85. The predicted molar refractivity (Wildman–Crippen MR) is 106 cm³/mol. The molecule has 0 saturated heterocycles. The Hall–Kier alpha value is -1.77. The number of nitrogens with one attached hydrogen (secondary N) is 2. The van der Waals surface area contributed by atoms with Crippen molar-refractivity contribution in [3.63, 3.8) is 0 Å². The van der Waals surface area contributed by atoms with Gasteiger partial charge in [0.2, 0.25) is 11.0 Å². The first kappa shape index (κ1) is 19.6. The molecule has 2 N–H and O–H groups in total. The molecule has 1 aromatic heterocycles. The molecule has 0 spiro atoms. The Kier molecular flexibility index (Phi) is 7.10. The second kappa shape index (κ2) is 9.07. The number of carbonyl (C=O) groups excluding carboxylic acids is 1. The molecule has 0 unspecified atom stereocenters. The number of benzene rings is 1. The summed E-state index contributed by atoms with van der Waals surface area (Å²) in [6, 6.07) is 8.41. The van der Waals surface area contributed by atoms with E-state index in [4.69, 9.17) is 12.2 Å². The van der Waals surface area contributed by atoms with Gasteiger partial charge in [0.1, 0.15) is 0 Å². The van der Waals surface area contributed by atoms with Crippen molar-refractivity contribution < 1.29 is 4.79 Å². The lowest BCUT2D eigenvalue weighted by Crippen LogP contribution is -2.39. The largest absolute Gasteiger partial charge is 0.353 e. The maximum absolute atomic E-state index is 11.8. The Balaban J connectivity index is 1.96. The average molecular weight is 380 g/mol. The summed E-state index contributed by atoms with van der Waals surface area (Å²) in [7, 11) is 1.87. The molecule has 6 nitrogen and oxygen atoms in total. The van der Waals surface area contributed by atoms with Crippen LogP contribution in [0.25, 0.3) is 0 Å². The van der Waals surface area contributed by atoms with Crippen LogP contribution in [0.2, 0.25) is 0 Å². The fourth-order valence-corrected chi connectivity index (χ4v) is 3.30. The van der Waals surface area contributed by atoms with Crippen LogP contribution in [0.1, 0.15) is 26.3 Å². The summed E-state index contributed by atoms with van der Waals surface area (Å²) in [6.45, 7) is 6.79. The van der Waals surface area contributed by atoms with Gasteiger partial charge in [0.25, 0.3) is 0 Å². The number of amides is 1. The Morgan fingerprint density at radius 2 is 2.04 bits per heavy atom. The van der Waals surface area contributed by atoms with Gasteiger partial charge < -0.3 is 10.6 Å². The van der Waals surface area contributed by atoms with Gasteiger partial charge in [0.05, 0.1) is 13.2 Å². The molecule has 0 fully saturated rings. The third-order valence-electron chi connectivity index (χ3n) is 3.46. The molecule has 1 aromatic carbocycles. The maximum atomic E-state index is 11.8. The summed E-state index contributed by atoms with van der Waals surface area (Å²) in [4.78, 5) is 13.7. The summed E-state index contributed by atoms with van der Waals surface area (Å²) < 4.78 is 2.40. The second-order valence-electron chi connectivity index (χ2n) is 6.23. The molecule has 8 heteroatoms. The van der Waals surface area contributed by atoms with E-state index in [9.17, 15) is 4.79 Å². The fourth-order valence-electron chi connectivity index (χ4n) is 2.28. The fraction of sp³-hybridized carbons (Fsp3) is 0.471. The first-order valence-electron chi connectivity index (χ1n) is 8.29. The van der Waals surface area contributed by atoms with E-state index >= 15 is 0 Å². The number of aryl methyl sites for hydroxylation is 1. The smallest absolute Gasteiger partial charge is 0.234 e. The van der Waals surface area contributed by atoms with Crippen LogP contribution in [-0.4, -0.2) is 40.2 Å². The maximum Gasteiger partial charge on any atom is 0.234 e. The lowest BCUT2D eigenvalue weighted by atomic mass is 10.1. The lowest BCUT2D eigenvalue weighted by molar-refractivity contribution is -0.122. The predicted octanol–water partition coefficient (Wildman–Crippen LogP) is 3.39. The van der Waals surface area contributed by atoms with E-state index in [1.807, 2.05) is 37.9 Å². The molecule has 0 radical (unpaired) electrons. The summed E-state index contributed by atoms with van der Waals surface area (Å²) >= 11 is 6.80. The molecular weight excluding hydrogens is 354 g/mol. The van der Waals surface area contributed by atoms with Crippen molar-refractivity contribution in [2.75, 3.05) is 18.9 Å². The van der Waals surface area contributed by atoms with Crippen LogP contribution in [-0.2, 0) is 17.9 Å². The molecule has 136 valence electrons. The third-order valence-corrected chi connectivity index (χ3v) is 4.68. The highest BCUT2D eigenvalue weighted by Crippen LogP contribution is 2.21. The minimum absolute atomic E-state index is 0.00592. The summed E-state index contributed by atoms with van der Waals surface area (Å²) in [5.74, 6) is -0.00592. The number of carbonyl (C=O) groups is 1. The number of hydrogen-bond acceptors (Lipinski definition) is 6. The molecule has 1 heterocycles. The minimum atomic E-state index is -0.00592. The van der Waals surface area contributed by atoms with Crippen molar-refractivity contribution in [3.05, 3.63) is 33.8 Å². The summed E-state index contributed by atoms with van der Waals surface area (Å²) in [6.07, 6.45) is 1.02. The first-order chi connectivity index (χ1) is 11.9. The van der Waals surface area contributed by atoms with Crippen molar-refractivity contribution in [2.24, 2.45) is 0 Å². The molecule has 0 atom stereocenters. The lowest BCUT2D eigenvalue weighted by Gasteiger charge is -2.17. The van der Waals surface area contributed by atoms with Crippen LogP contribution in [0.15, 0.2) is 24.3 Å². The van der Waals surface area contributed by atoms with Crippen molar-refractivity contribution in [1.82, 2.24) is 20.0 Å². The normalized spacial score (nSPS) is 11.1. The zero-order valence-electron chi connectivity index (χ0n) is 15.1. The molecule has 2 aromatic rings. The van der Waals surface area contributed by atoms with Gasteiger partial charge in [-0.3, -0.25) is 9.69 Å². The number of likely N-dealkylation sites (N-methyl/N-ethyl adjacent to an activating group) is 1. The topological polar surface area (TPSA) is 62.2 Å². The van der Waals surface area contributed by atoms with Crippen molar-refractivity contribution in [2.45, 2.75) is 39.9 Å². The molecule has 2 rings (SSSR count). The van der Waals surface area contributed by atoms with Gasteiger partial charge in [-0.1, -0.05) is 30.4 Å². The van der Waals surface area contributed by atoms with Gasteiger partial charge in [0.15, 0.2) is 3.95 Å². The Morgan fingerprint density at radius 1 is 1.36 bits per heavy atom. The molecule has 0 bridgehead atoms. The molecule has 0 aliphatic heterocycles. The number of aromatic nitrogens is 2.